The van der Waals surface area contributed by atoms with E-state index in [0.29, 0.717) is 0 Å². The van der Waals surface area contributed by atoms with Crippen LogP contribution in [0.25, 0.3) is 98.8 Å². The van der Waals surface area contributed by atoms with Crippen molar-refractivity contribution in [2.24, 2.45) is 0 Å². The van der Waals surface area contributed by atoms with E-state index in [1.54, 1.807) is 0 Å². The topological polar surface area (TPSA) is 37.2 Å². The number of nitrogens with zero attached hydrogens (tertiary/aromatic N) is 3. The van der Waals surface area contributed by atoms with Crippen molar-refractivity contribution in [2.45, 2.75) is 12.5 Å². The largest absolute Gasteiger partial charge is 0.378 e. The Balaban J connectivity index is 1.01. The van der Waals surface area contributed by atoms with E-state index < -0.39 is 0 Å². The minimum Gasteiger partial charge on any atom is -0.378 e. The summed E-state index contributed by atoms with van der Waals surface area (Å²) in [6.07, 6.45) is 9.71. The van der Waals surface area contributed by atoms with Gasteiger partial charge in [-0.15, -0.1) is 0 Å². The van der Waals surface area contributed by atoms with Crippen molar-refractivity contribution in [3.63, 3.8) is 0 Å². The molecule has 1 aliphatic carbocycles. The van der Waals surface area contributed by atoms with Gasteiger partial charge in [-0.05, 0) is 130 Å². The molecular formula is C74H53N5. The Hall–Kier alpha value is -10.4. The van der Waals surface area contributed by atoms with Gasteiger partial charge >= 0.3 is 0 Å². The van der Waals surface area contributed by atoms with Gasteiger partial charge in [-0.1, -0.05) is 200 Å². The zero-order chi connectivity index (χ0) is 52.2. The highest BCUT2D eigenvalue weighted by atomic mass is 15.2. The lowest BCUT2D eigenvalue weighted by molar-refractivity contribution is 0.884. The van der Waals surface area contributed by atoms with E-state index in [1.165, 1.54) is 54.2 Å². The second kappa shape index (κ2) is 19.3. The lowest BCUT2D eigenvalue weighted by atomic mass is 9.97. The molecule has 0 fully saturated rings. The Bertz CT molecular complexity index is 4650. The van der Waals surface area contributed by atoms with Gasteiger partial charge in [-0.25, -0.2) is 0 Å². The third-order valence-corrected chi connectivity index (χ3v) is 15.8. The SMILES string of the molecule is C1=CCC(Nc2ccccc2-c2cccc3c2c2ccccc2n3-c2cc(N(c3ccc4ccccc4c3)c3ccc4ccccc4c3)cc(-n3c4ccccc4c4c(-c5ccccc5Nc5ccccc5)cccc43)c2)C=C1. The summed E-state index contributed by atoms with van der Waals surface area (Å²) >= 11 is 0. The van der Waals surface area contributed by atoms with Crippen molar-refractivity contribution in [3.05, 3.63) is 291 Å². The second-order valence-corrected chi connectivity index (χ2v) is 20.6. The lowest BCUT2D eigenvalue weighted by Gasteiger charge is -2.28. The van der Waals surface area contributed by atoms with Crippen molar-refractivity contribution in [1.82, 2.24) is 9.13 Å². The van der Waals surface area contributed by atoms with Gasteiger partial charge in [0.15, 0.2) is 0 Å². The fraction of sp³-hybridized carbons (Fsp3) is 0.0270. The number of rotatable bonds is 11. The first-order valence-electron chi connectivity index (χ1n) is 27.3. The third kappa shape index (κ3) is 8.10. The minimum absolute atomic E-state index is 0.207. The fourth-order valence-corrected chi connectivity index (χ4v) is 12.3. The van der Waals surface area contributed by atoms with Gasteiger partial charge in [-0.2, -0.15) is 0 Å². The molecule has 14 aromatic rings. The molecule has 0 amide bonds. The summed E-state index contributed by atoms with van der Waals surface area (Å²) in [4.78, 5) is 2.45. The van der Waals surface area contributed by atoms with Crippen LogP contribution >= 0.6 is 0 Å². The van der Waals surface area contributed by atoms with Crippen LogP contribution < -0.4 is 15.5 Å². The van der Waals surface area contributed by atoms with Crippen molar-refractivity contribution < 1.29 is 0 Å². The predicted octanol–water partition coefficient (Wildman–Crippen LogP) is 20.0. The first-order valence-corrected chi connectivity index (χ1v) is 27.3. The monoisotopic (exact) mass is 1010 g/mol. The highest BCUT2D eigenvalue weighted by Gasteiger charge is 2.24. The standard InChI is InChI=1S/C74H53N5/c1-3-25-54(26-4-1)75-67-35-15-11-29-61(67)63-33-19-39-71-73(63)65-31-13-17-37-69(65)78(71)59-47-58(77(56-43-41-50-21-7-9-23-52(50)45-56)57-44-42-51-22-8-10-24-53(51)46-57)48-60(49-59)79-70-38-18-14-32-66(70)74-64(34-20-40-72(74)79)62-30-12-16-36-68(62)76-55-27-5-2-6-28-55/h1-27,29-49,55,75-76H,28H2. The van der Waals surface area contributed by atoms with E-state index in [0.717, 1.165) is 85.1 Å². The lowest BCUT2D eigenvalue weighted by Crippen LogP contribution is -2.17. The van der Waals surface area contributed by atoms with E-state index >= 15 is 0 Å². The van der Waals surface area contributed by atoms with Crippen LogP contribution in [0.15, 0.2) is 291 Å². The number of hydrogen-bond acceptors (Lipinski definition) is 3. The highest BCUT2D eigenvalue weighted by Crippen LogP contribution is 2.47. The number of aromatic nitrogens is 2. The van der Waals surface area contributed by atoms with Crippen molar-refractivity contribution >= 4 is 99.3 Å². The molecule has 2 N–H and O–H groups in total. The smallest absolute Gasteiger partial charge is 0.0547 e. The molecule has 0 saturated carbocycles. The molecule has 1 unspecified atom stereocenters. The first kappa shape index (κ1) is 46.0. The van der Waals surface area contributed by atoms with E-state index in [1.807, 2.05) is 0 Å². The summed E-state index contributed by atoms with van der Waals surface area (Å²) in [6.45, 7) is 0. The third-order valence-electron chi connectivity index (χ3n) is 15.8. The molecule has 0 spiro atoms. The van der Waals surface area contributed by atoms with Crippen LogP contribution in [-0.2, 0) is 0 Å². The fourth-order valence-electron chi connectivity index (χ4n) is 12.3. The van der Waals surface area contributed by atoms with Crippen LogP contribution in [0.4, 0.5) is 34.1 Å². The highest BCUT2D eigenvalue weighted by molar-refractivity contribution is 6.18. The summed E-state index contributed by atoms with van der Waals surface area (Å²) in [7, 11) is 0. The average Bonchev–Trinajstić information content (AvgIpc) is 4.24. The normalized spacial score (nSPS) is 13.3. The van der Waals surface area contributed by atoms with E-state index in [9.17, 15) is 0 Å². The van der Waals surface area contributed by atoms with Crippen molar-refractivity contribution in [2.75, 3.05) is 15.5 Å². The zero-order valence-corrected chi connectivity index (χ0v) is 43.3. The zero-order valence-electron chi connectivity index (χ0n) is 43.3. The summed E-state index contributed by atoms with van der Waals surface area (Å²) in [5.41, 5.74) is 17.7. The molecule has 15 rings (SSSR count). The average molecular weight is 1010 g/mol. The van der Waals surface area contributed by atoms with Gasteiger partial charge < -0.3 is 24.7 Å². The number of benzene rings is 12. The first-order chi connectivity index (χ1) is 39.2. The summed E-state index contributed by atoms with van der Waals surface area (Å²) in [6, 6.07) is 97.8. The van der Waals surface area contributed by atoms with Gasteiger partial charge in [0.25, 0.3) is 0 Å². The van der Waals surface area contributed by atoms with Gasteiger partial charge in [0, 0.05) is 67.2 Å². The Morgan fingerprint density at radius 3 is 1.42 bits per heavy atom. The van der Waals surface area contributed by atoms with Crippen molar-refractivity contribution in [3.8, 4) is 33.6 Å². The molecule has 5 heteroatoms. The van der Waals surface area contributed by atoms with Gasteiger partial charge in [0.1, 0.15) is 0 Å². The maximum absolute atomic E-state index is 3.90. The molecule has 79 heavy (non-hydrogen) atoms. The molecule has 2 heterocycles. The van der Waals surface area contributed by atoms with E-state index in [2.05, 4.69) is 316 Å². The molecule has 2 aromatic heterocycles. The van der Waals surface area contributed by atoms with Gasteiger partial charge in [0.05, 0.1) is 39.1 Å². The van der Waals surface area contributed by atoms with Crippen LogP contribution in [0.3, 0.4) is 0 Å². The molecular weight excluding hydrogens is 959 g/mol. The van der Waals surface area contributed by atoms with Crippen LogP contribution in [0, 0.1) is 0 Å². The van der Waals surface area contributed by atoms with E-state index in [-0.39, 0.29) is 6.04 Å². The summed E-state index contributed by atoms with van der Waals surface area (Å²) < 4.78 is 4.99. The molecule has 0 saturated heterocycles. The number of allylic oxidation sites excluding steroid dienone is 2. The molecule has 5 nitrogen and oxygen atoms in total. The van der Waals surface area contributed by atoms with Gasteiger partial charge in [-0.3, -0.25) is 0 Å². The van der Waals surface area contributed by atoms with Crippen LogP contribution in [0.2, 0.25) is 0 Å². The Kier molecular flexibility index (Phi) is 11.3. The molecule has 1 atom stereocenters. The quantitative estimate of drug-likeness (QED) is 0.136. The number of fused-ring (bicyclic) bond motifs is 8. The van der Waals surface area contributed by atoms with Crippen LogP contribution in [0.1, 0.15) is 6.42 Å². The Labute approximate surface area is 458 Å². The number of hydrogen-bond donors (Lipinski definition) is 2. The second-order valence-electron chi connectivity index (χ2n) is 20.6. The molecule has 12 aromatic carbocycles. The molecule has 374 valence electrons. The maximum atomic E-state index is 3.90. The molecule has 0 radical (unpaired) electrons. The van der Waals surface area contributed by atoms with Crippen LogP contribution in [-0.4, -0.2) is 15.2 Å². The predicted molar refractivity (Wildman–Crippen MR) is 336 cm³/mol. The van der Waals surface area contributed by atoms with Crippen LogP contribution in [0.5, 0.6) is 0 Å². The maximum Gasteiger partial charge on any atom is 0.0547 e. The van der Waals surface area contributed by atoms with E-state index in [4.69, 9.17) is 0 Å². The number of para-hydroxylation sites is 5. The van der Waals surface area contributed by atoms with Crippen molar-refractivity contribution in [1.29, 1.82) is 0 Å². The van der Waals surface area contributed by atoms with Gasteiger partial charge in [0.2, 0.25) is 0 Å². The Morgan fingerprint density at radius 1 is 0.354 bits per heavy atom. The molecule has 1 aliphatic rings. The summed E-state index contributed by atoms with van der Waals surface area (Å²) in [5.74, 6) is 0. The molecule has 0 bridgehead atoms. The number of nitrogens with one attached hydrogen (secondary N) is 2. The number of anilines is 6. The summed E-state index contributed by atoms with van der Waals surface area (Å²) in [5, 5.41) is 17.2. The Morgan fingerprint density at radius 2 is 0.835 bits per heavy atom. The molecule has 0 aliphatic heterocycles. The minimum atomic E-state index is 0.207.